The van der Waals surface area contributed by atoms with Gasteiger partial charge < -0.3 is 5.32 Å². The molecule has 0 aliphatic rings. The monoisotopic (exact) mass is 378 g/mol. The highest BCUT2D eigenvalue weighted by Gasteiger charge is 2.18. The van der Waals surface area contributed by atoms with Crippen LogP contribution in [0.2, 0.25) is 0 Å². The van der Waals surface area contributed by atoms with Gasteiger partial charge in [0.1, 0.15) is 5.01 Å². The van der Waals surface area contributed by atoms with E-state index in [0.29, 0.717) is 17.3 Å². The minimum absolute atomic E-state index is 0.141. The predicted molar refractivity (Wildman–Crippen MR) is 107 cm³/mol. The molecule has 0 aliphatic carbocycles. The first kappa shape index (κ1) is 17.4. The lowest BCUT2D eigenvalue weighted by atomic mass is 10.1. The second-order valence-corrected chi connectivity index (χ2v) is 7.61. The summed E-state index contributed by atoms with van der Waals surface area (Å²) in [6.45, 7) is 4.05. The van der Waals surface area contributed by atoms with Crippen molar-refractivity contribution < 1.29 is 4.79 Å². The van der Waals surface area contributed by atoms with Crippen LogP contribution in [0.3, 0.4) is 0 Å². The molecule has 0 fully saturated rings. The quantitative estimate of drug-likeness (QED) is 0.589. The summed E-state index contributed by atoms with van der Waals surface area (Å²) in [4.78, 5) is 29.9. The van der Waals surface area contributed by atoms with E-state index in [0.717, 1.165) is 15.2 Å². The van der Waals surface area contributed by atoms with Gasteiger partial charge in [-0.25, -0.2) is 9.67 Å². The van der Waals surface area contributed by atoms with Crippen molar-refractivity contribution in [3.05, 3.63) is 69.6 Å². The first-order chi connectivity index (χ1) is 13.0. The largest absolute Gasteiger partial charge is 0.344 e. The number of aromatic nitrogens is 3. The number of nitrogens with one attached hydrogen (secondary N) is 1. The smallest absolute Gasteiger partial charge is 0.274 e. The molecule has 0 bridgehead atoms. The van der Waals surface area contributed by atoms with Crippen LogP contribution in [0.5, 0.6) is 0 Å². The molecule has 0 aliphatic heterocycles. The Morgan fingerprint density at radius 3 is 2.56 bits per heavy atom. The van der Waals surface area contributed by atoms with Crippen molar-refractivity contribution in [2.24, 2.45) is 0 Å². The van der Waals surface area contributed by atoms with E-state index in [-0.39, 0.29) is 23.2 Å². The van der Waals surface area contributed by atoms with E-state index >= 15 is 0 Å². The number of carbonyl (C=O) groups excluding carboxylic acids is 1. The van der Waals surface area contributed by atoms with Crippen LogP contribution < -0.4 is 10.9 Å². The summed E-state index contributed by atoms with van der Waals surface area (Å²) in [5, 5.41) is 9.09. The number of amides is 1. The summed E-state index contributed by atoms with van der Waals surface area (Å²) < 4.78 is 2.44. The van der Waals surface area contributed by atoms with Crippen LogP contribution >= 0.6 is 11.3 Å². The molecule has 0 saturated carbocycles. The van der Waals surface area contributed by atoms with Crippen molar-refractivity contribution in [2.45, 2.75) is 26.4 Å². The zero-order chi connectivity index (χ0) is 19.0. The van der Waals surface area contributed by atoms with Crippen molar-refractivity contribution >= 4 is 38.2 Å². The Bertz CT molecular complexity index is 1180. The topological polar surface area (TPSA) is 76.9 Å². The van der Waals surface area contributed by atoms with E-state index in [1.54, 1.807) is 35.6 Å². The van der Waals surface area contributed by atoms with Gasteiger partial charge in [-0.05, 0) is 32.0 Å². The molecule has 4 aromatic rings. The number of carbonyl (C=O) groups is 1. The molecule has 2 heterocycles. The van der Waals surface area contributed by atoms with Crippen LogP contribution in [-0.2, 0) is 6.54 Å². The Labute approximate surface area is 159 Å². The number of hydrogen-bond acceptors (Lipinski definition) is 5. The summed E-state index contributed by atoms with van der Waals surface area (Å²) in [5.41, 5.74) is 0.979. The third-order valence-electron chi connectivity index (χ3n) is 4.27. The lowest BCUT2D eigenvalue weighted by molar-refractivity contribution is 0.0945. The fraction of sp³-hybridized carbons (Fsp3) is 0.200. The predicted octanol–water partition coefficient (Wildman–Crippen LogP) is 3.52. The normalized spacial score (nSPS) is 11.4. The lowest BCUT2D eigenvalue weighted by Gasteiger charge is -2.13. The van der Waals surface area contributed by atoms with Crippen LogP contribution in [0.25, 0.3) is 21.0 Å². The lowest BCUT2D eigenvalue weighted by Crippen LogP contribution is -2.31. The average Bonchev–Trinajstić information content (AvgIpc) is 3.09. The molecular formula is C20H18N4O2S. The van der Waals surface area contributed by atoms with Crippen molar-refractivity contribution in [3.63, 3.8) is 0 Å². The second-order valence-electron chi connectivity index (χ2n) is 6.50. The van der Waals surface area contributed by atoms with Gasteiger partial charge in [0.2, 0.25) is 0 Å². The number of thiazole rings is 1. The molecule has 136 valence electrons. The van der Waals surface area contributed by atoms with Crippen LogP contribution in [0.4, 0.5) is 0 Å². The highest BCUT2D eigenvalue weighted by atomic mass is 32.1. The van der Waals surface area contributed by atoms with Gasteiger partial charge in [0.15, 0.2) is 5.69 Å². The number of para-hydroxylation sites is 1. The molecule has 2 aromatic carbocycles. The summed E-state index contributed by atoms with van der Waals surface area (Å²) in [6, 6.07) is 14.8. The summed E-state index contributed by atoms with van der Waals surface area (Å²) >= 11 is 1.55. The molecule has 0 spiro atoms. The fourth-order valence-electron chi connectivity index (χ4n) is 2.96. The highest BCUT2D eigenvalue weighted by Crippen LogP contribution is 2.21. The maximum atomic E-state index is 12.8. The fourth-order valence-corrected chi connectivity index (χ4v) is 3.87. The minimum atomic E-state index is -0.320. The number of fused-ring (bicyclic) bond motifs is 2. The van der Waals surface area contributed by atoms with Crippen LogP contribution in [0, 0.1) is 0 Å². The summed E-state index contributed by atoms with van der Waals surface area (Å²) in [5.74, 6) is -0.320. The van der Waals surface area contributed by atoms with E-state index in [9.17, 15) is 9.59 Å². The van der Waals surface area contributed by atoms with Crippen LogP contribution in [0.15, 0.2) is 53.3 Å². The maximum Gasteiger partial charge on any atom is 0.274 e. The van der Waals surface area contributed by atoms with Gasteiger partial charge in [-0.3, -0.25) is 9.59 Å². The van der Waals surface area contributed by atoms with Crippen LogP contribution in [-0.4, -0.2) is 20.7 Å². The third kappa shape index (κ3) is 3.21. The van der Waals surface area contributed by atoms with E-state index in [1.807, 2.05) is 38.1 Å². The standard InChI is InChI=1S/C20H18N4O2S/c1-12(2)24-20(26)14-8-4-3-7-13(14)18(23-24)19(25)21-11-17-22-15-9-5-6-10-16(15)27-17/h3-10,12H,11H2,1-2H3,(H,21,25). The second kappa shape index (κ2) is 6.92. The molecule has 4 rings (SSSR count). The molecule has 1 N–H and O–H groups in total. The van der Waals surface area contributed by atoms with Gasteiger partial charge in [-0.15, -0.1) is 11.3 Å². The Balaban J connectivity index is 1.67. The SMILES string of the molecule is CC(C)n1nc(C(=O)NCc2nc3ccccc3s2)c2ccccc2c1=O. The van der Waals surface area contributed by atoms with Gasteiger partial charge in [-0.1, -0.05) is 30.3 Å². The zero-order valence-corrected chi connectivity index (χ0v) is 15.8. The summed E-state index contributed by atoms with van der Waals surface area (Å²) in [6.07, 6.45) is 0. The van der Waals surface area contributed by atoms with E-state index in [2.05, 4.69) is 15.4 Å². The zero-order valence-electron chi connectivity index (χ0n) is 15.0. The molecule has 2 aromatic heterocycles. The first-order valence-corrected chi connectivity index (χ1v) is 9.50. The van der Waals surface area contributed by atoms with Crippen molar-refractivity contribution in [1.82, 2.24) is 20.1 Å². The van der Waals surface area contributed by atoms with Crippen molar-refractivity contribution in [1.29, 1.82) is 0 Å². The first-order valence-electron chi connectivity index (χ1n) is 8.69. The third-order valence-corrected chi connectivity index (χ3v) is 5.31. The minimum Gasteiger partial charge on any atom is -0.344 e. The Morgan fingerprint density at radius 1 is 1.11 bits per heavy atom. The number of rotatable bonds is 4. The summed E-state index contributed by atoms with van der Waals surface area (Å²) in [7, 11) is 0. The maximum absolute atomic E-state index is 12.8. The highest BCUT2D eigenvalue weighted by molar-refractivity contribution is 7.18. The Hall–Kier alpha value is -3.06. The molecule has 6 nitrogen and oxygen atoms in total. The van der Waals surface area contributed by atoms with Gasteiger partial charge >= 0.3 is 0 Å². The molecule has 27 heavy (non-hydrogen) atoms. The molecule has 0 atom stereocenters. The number of nitrogens with zero attached hydrogens (tertiary/aromatic N) is 3. The number of hydrogen-bond donors (Lipinski definition) is 1. The van der Waals surface area contributed by atoms with Gasteiger partial charge in [0.05, 0.1) is 28.2 Å². The average molecular weight is 378 g/mol. The van der Waals surface area contributed by atoms with Crippen molar-refractivity contribution in [2.75, 3.05) is 0 Å². The molecule has 0 radical (unpaired) electrons. The molecule has 7 heteroatoms. The Kier molecular flexibility index (Phi) is 4.45. The van der Waals surface area contributed by atoms with Crippen LogP contribution in [0.1, 0.15) is 35.4 Å². The van der Waals surface area contributed by atoms with Gasteiger partial charge in [-0.2, -0.15) is 5.10 Å². The van der Waals surface area contributed by atoms with Gasteiger partial charge in [0, 0.05) is 5.39 Å². The van der Waals surface area contributed by atoms with Crippen molar-refractivity contribution in [3.8, 4) is 0 Å². The molecular weight excluding hydrogens is 360 g/mol. The molecule has 0 saturated heterocycles. The molecule has 0 unspecified atom stereocenters. The van der Waals surface area contributed by atoms with Gasteiger partial charge in [0.25, 0.3) is 11.5 Å². The number of benzene rings is 2. The molecule has 1 amide bonds. The van der Waals surface area contributed by atoms with E-state index < -0.39 is 0 Å². The van der Waals surface area contributed by atoms with E-state index in [4.69, 9.17) is 0 Å². The van der Waals surface area contributed by atoms with E-state index in [1.165, 1.54) is 4.68 Å². The Morgan fingerprint density at radius 2 is 1.81 bits per heavy atom.